The number of nitrogens with two attached hydrogens (primary N) is 1. The molecule has 1 heterocycles. The summed E-state index contributed by atoms with van der Waals surface area (Å²) in [5, 5.41) is 0. The second kappa shape index (κ2) is 7.45. The Morgan fingerprint density at radius 2 is 2.00 bits per heavy atom. The molecule has 3 rings (SSSR count). The van der Waals surface area contributed by atoms with Crippen molar-refractivity contribution in [1.82, 2.24) is 4.90 Å². The van der Waals surface area contributed by atoms with E-state index in [1.165, 1.54) is 36.8 Å². The van der Waals surface area contributed by atoms with Crippen LogP contribution < -0.4 is 5.73 Å². The van der Waals surface area contributed by atoms with Gasteiger partial charge in [0.25, 0.3) is 0 Å². The van der Waals surface area contributed by atoms with Crippen molar-refractivity contribution >= 4 is 5.91 Å². The van der Waals surface area contributed by atoms with E-state index in [1.54, 1.807) is 0 Å². The average Bonchev–Trinajstić information content (AvgIpc) is 2.56. The van der Waals surface area contributed by atoms with E-state index >= 15 is 0 Å². The van der Waals surface area contributed by atoms with Crippen LogP contribution in [0.2, 0.25) is 0 Å². The molecule has 0 aromatic heterocycles. The van der Waals surface area contributed by atoms with Crippen molar-refractivity contribution in [1.29, 1.82) is 0 Å². The van der Waals surface area contributed by atoms with Gasteiger partial charge in [0, 0.05) is 13.1 Å². The maximum atomic E-state index is 11.8. The monoisotopic (exact) mass is 316 g/mol. The molecule has 4 heteroatoms. The zero-order valence-electron chi connectivity index (χ0n) is 14.0. The molecule has 0 radical (unpaired) electrons. The second-order valence-electron chi connectivity index (χ2n) is 7.03. The Bertz CT molecular complexity index is 546. The minimum Gasteiger partial charge on any atom is -0.377 e. The Morgan fingerprint density at radius 1 is 1.26 bits per heavy atom. The molecule has 126 valence electrons. The van der Waals surface area contributed by atoms with Gasteiger partial charge in [-0.3, -0.25) is 9.69 Å². The first-order valence-corrected chi connectivity index (χ1v) is 8.87. The highest BCUT2D eigenvalue weighted by Gasteiger charge is 2.30. The standard InChI is InChI=1S/C19H28N2O2/c1-14-6-2-5-9-18(14)23-11-10-21-13-16-8-4-3-7-15(16)12-17(21)19(20)22/h3-4,7-8,14,17-18H,2,5-6,9-13H2,1H3,(H2,20,22)/t14-,17+,18+/m1/s1. The van der Waals surface area contributed by atoms with Crippen molar-refractivity contribution in [3.63, 3.8) is 0 Å². The Morgan fingerprint density at radius 3 is 2.74 bits per heavy atom. The third-order valence-electron chi connectivity index (χ3n) is 5.42. The summed E-state index contributed by atoms with van der Waals surface area (Å²) in [7, 11) is 0. The molecule has 2 aliphatic rings. The van der Waals surface area contributed by atoms with Crippen LogP contribution in [0.15, 0.2) is 24.3 Å². The molecule has 0 bridgehead atoms. The van der Waals surface area contributed by atoms with Crippen molar-refractivity contribution in [3.8, 4) is 0 Å². The zero-order chi connectivity index (χ0) is 16.2. The first kappa shape index (κ1) is 16.5. The number of hydrogen-bond acceptors (Lipinski definition) is 3. The highest BCUT2D eigenvalue weighted by Crippen LogP contribution is 2.27. The number of benzene rings is 1. The topological polar surface area (TPSA) is 55.6 Å². The van der Waals surface area contributed by atoms with E-state index in [0.717, 1.165) is 13.1 Å². The van der Waals surface area contributed by atoms with Gasteiger partial charge >= 0.3 is 0 Å². The molecule has 1 amide bonds. The van der Waals surface area contributed by atoms with Crippen LogP contribution in [0.1, 0.15) is 43.7 Å². The first-order valence-electron chi connectivity index (χ1n) is 8.87. The molecule has 1 aromatic carbocycles. The van der Waals surface area contributed by atoms with Gasteiger partial charge in [-0.25, -0.2) is 0 Å². The minimum absolute atomic E-state index is 0.211. The van der Waals surface area contributed by atoms with Crippen LogP contribution in [-0.4, -0.2) is 36.1 Å². The molecular weight excluding hydrogens is 288 g/mol. The summed E-state index contributed by atoms with van der Waals surface area (Å²) in [5.74, 6) is 0.420. The van der Waals surface area contributed by atoms with Crippen LogP contribution in [0.5, 0.6) is 0 Å². The Labute approximate surface area is 139 Å². The van der Waals surface area contributed by atoms with Gasteiger partial charge in [-0.15, -0.1) is 0 Å². The number of carbonyl (C=O) groups excluding carboxylic acids is 1. The fraction of sp³-hybridized carbons (Fsp3) is 0.632. The summed E-state index contributed by atoms with van der Waals surface area (Å²) in [6, 6.07) is 8.12. The molecule has 0 saturated heterocycles. The number of rotatable bonds is 5. The maximum Gasteiger partial charge on any atom is 0.235 e. The van der Waals surface area contributed by atoms with Crippen LogP contribution in [0.3, 0.4) is 0 Å². The first-order chi connectivity index (χ1) is 11.1. The van der Waals surface area contributed by atoms with Gasteiger partial charge in [0.05, 0.1) is 18.8 Å². The Hall–Kier alpha value is -1.39. The molecule has 0 spiro atoms. The van der Waals surface area contributed by atoms with Crippen molar-refractivity contribution in [2.45, 2.75) is 57.7 Å². The molecule has 1 aliphatic carbocycles. The van der Waals surface area contributed by atoms with Crippen LogP contribution in [0.25, 0.3) is 0 Å². The van der Waals surface area contributed by atoms with Gasteiger partial charge in [-0.1, -0.05) is 44.0 Å². The van der Waals surface area contributed by atoms with Gasteiger partial charge in [0.2, 0.25) is 5.91 Å². The molecule has 1 aromatic rings. The molecule has 2 N–H and O–H groups in total. The van der Waals surface area contributed by atoms with Crippen LogP contribution in [0, 0.1) is 5.92 Å². The number of carbonyl (C=O) groups is 1. The van der Waals surface area contributed by atoms with Gasteiger partial charge in [-0.05, 0) is 36.3 Å². The van der Waals surface area contributed by atoms with Crippen molar-refractivity contribution in [2.75, 3.05) is 13.2 Å². The predicted octanol–water partition coefficient (Wildman–Crippen LogP) is 2.49. The van der Waals surface area contributed by atoms with Gasteiger partial charge in [-0.2, -0.15) is 0 Å². The summed E-state index contributed by atoms with van der Waals surface area (Å²) in [6.07, 6.45) is 6.14. The lowest BCUT2D eigenvalue weighted by atomic mass is 9.88. The van der Waals surface area contributed by atoms with Gasteiger partial charge < -0.3 is 10.5 Å². The molecule has 1 fully saturated rings. The van der Waals surface area contributed by atoms with E-state index in [-0.39, 0.29) is 11.9 Å². The molecule has 0 unspecified atom stereocenters. The van der Waals surface area contributed by atoms with Crippen molar-refractivity contribution < 1.29 is 9.53 Å². The van der Waals surface area contributed by atoms with Crippen LogP contribution >= 0.6 is 0 Å². The van der Waals surface area contributed by atoms with Gasteiger partial charge in [0.15, 0.2) is 0 Å². The van der Waals surface area contributed by atoms with E-state index in [2.05, 4.69) is 30.0 Å². The summed E-state index contributed by atoms with van der Waals surface area (Å²) < 4.78 is 6.12. The van der Waals surface area contributed by atoms with Crippen molar-refractivity contribution in [2.24, 2.45) is 11.7 Å². The largest absolute Gasteiger partial charge is 0.377 e. The number of primary amides is 1. The Balaban J connectivity index is 1.58. The molecule has 23 heavy (non-hydrogen) atoms. The molecule has 1 aliphatic heterocycles. The fourth-order valence-corrected chi connectivity index (χ4v) is 3.94. The van der Waals surface area contributed by atoms with Crippen LogP contribution in [0.4, 0.5) is 0 Å². The van der Waals surface area contributed by atoms with Crippen molar-refractivity contribution in [3.05, 3.63) is 35.4 Å². The van der Waals surface area contributed by atoms with E-state index < -0.39 is 0 Å². The fourth-order valence-electron chi connectivity index (χ4n) is 3.94. The summed E-state index contributed by atoms with van der Waals surface area (Å²) in [4.78, 5) is 14.0. The van der Waals surface area contributed by atoms with E-state index in [0.29, 0.717) is 25.0 Å². The summed E-state index contributed by atoms with van der Waals surface area (Å²) in [6.45, 7) is 4.52. The van der Waals surface area contributed by atoms with Crippen LogP contribution in [-0.2, 0) is 22.5 Å². The van der Waals surface area contributed by atoms with E-state index in [4.69, 9.17) is 10.5 Å². The number of amides is 1. The lowest BCUT2D eigenvalue weighted by Gasteiger charge is -2.36. The quantitative estimate of drug-likeness (QED) is 0.908. The molecule has 4 nitrogen and oxygen atoms in total. The smallest absolute Gasteiger partial charge is 0.235 e. The number of hydrogen-bond donors (Lipinski definition) is 1. The summed E-state index contributed by atoms with van der Waals surface area (Å²) >= 11 is 0. The highest BCUT2D eigenvalue weighted by atomic mass is 16.5. The van der Waals surface area contributed by atoms with E-state index in [9.17, 15) is 4.79 Å². The number of nitrogens with zero attached hydrogens (tertiary/aromatic N) is 1. The normalized spacial score (nSPS) is 28.3. The molecule has 1 saturated carbocycles. The zero-order valence-corrected chi connectivity index (χ0v) is 14.0. The van der Waals surface area contributed by atoms with E-state index in [1.807, 2.05) is 6.07 Å². The highest BCUT2D eigenvalue weighted by molar-refractivity contribution is 5.80. The lowest BCUT2D eigenvalue weighted by Crippen LogP contribution is -2.49. The minimum atomic E-state index is -0.231. The predicted molar refractivity (Wildman–Crippen MR) is 90.9 cm³/mol. The third kappa shape index (κ3) is 3.93. The number of fused-ring (bicyclic) bond motifs is 1. The molecular formula is C19H28N2O2. The summed E-state index contributed by atoms with van der Waals surface area (Å²) in [5.41, 5.74) is 8.18. The third-order valence-corrected chi connectivity index (χ3v) is 5.42. The van der Waals surface area contributed by atoms with Gasteiger partial charge in [0.1, 0.15) is 0 Å². The maximum absolute atomic E-state index is 11.8. The molecule has 3 atom stereocenters. The number of ether oxygens (including phenoxy) is 1. The lowest BCUT2D eigenvalue weighted by molar-refractivity contribution is -0.124. The SMILES string of the molecule is C[C@@H]1CCCC[C@@H]1OCCN1Cc2ccccc2C[C@H]1C(N)=O. The second-order valence-corrected chi connectivity index (χ2v) is 7.03. The Kier molecular flexibility index (Phi) is 5.34. The average molecular weight is 316 g/mol.